The lowest BCUT2D eigenvalue weighted by Crippen LogP contribution is -2.35. The van der Waals surface area contributed by atoms with E-state index in [0.717, 1.165) is 46.2 Å². The molecule has 3 aromatic carbocycles. The van der Waals surface area contributed by atoms with Crippen LogP contribution in [0.4, 0.5) is 20.2 Å². The Morgan fingerprint density at radius 1 is 0.679 bits per heavy atom. The quantitative estimate of drug-likeness (QED) is 0.0576. The van der Waals surface area contributed by atoms with Crippen LogP contribution < -0.4 is 24.7 Å². The molecule has 17 nitrogen and oxygen atoms in total. The van der Waals surface area contributed by atoms with Gasteiger partial charge in [-0.25, -0.2) is 13.6 Å². The zero-order valence-corrected chi connectivity index (χ0v) is 28.9. The Kier molecular flexibility index (Phi) is 11.6. The Balaban J connectivity index is 1.67. The summed E-state index contributed by atoms with van der Waals surface area (Å²) in [4.78, 5) is 73.6. The maximum absolute atomic E-state index is 14.9. The SMILES string of the molecule is Cc1ccc(N(CC(=O)O)CC(=O)O)c(OCCOc2cc(-c3c4cc(F)c(=O)cc-4oc4cc(O)c(F)cc34)c(C(=O)O)cc2N(CC(=O)O)CC(=O)O)c1. The number of rotatable bonds is 17. The highest BCUT2D eigenvalue weighted by atomic mass is 19.1. The van der Waals surface area contributed by atoms with Crippen molar-refractivity contribution in [2.75, 3.05) is 49.2 Å². The van der Waals surface area contributed by atoms with E-state index in [1.165, 1.54) is 12.1 Å². The van der Waals surface area contributed by atoms with Crippen LogP contribution in [0.2, 0.25) is 0 Å². The first kappa shape index (κ1) is 39.8. The van der Waals surface area contributed by atoms with Crippen molar-refractivity contribution in [3.05, 3.63) is 87.6 Å². The predicted molar refractivity (Wildman–Crippen MR) is 190 cm³/mol. The Morgan fingerprint density at radius 2 is 1.23 bits per heavy atom. The van der Waals surface area contributed by atoms with Gasteiger partial charge in [0.25, 0.3) is 0 Å². The molecule has 0 saturated heterocycles. The molecule has 0 unspecified atom stereocenters. The molecule has 1 aliphatic carbocycles. The summed E-state index contributed by atoms with van der Waals surface area (Å²) in [5.74, 6) is -11.3. The molecular weight excluding hydrogens is 750 g/mol. The van der Waals surface area contributed by atoms with E-state index in [0.29, 0.717) is 5.56 Å². The summed E-state index contributed by atoms with van der Waals surface area (Å²) in [6, 6.07) is 9.59. The minimum absolute atomic E-state index is 0.0487. The fraction of sp³-hybridized carbons (Fsp3) is 0.189. The largest absolute Gasteiger partial charge is 0.505 e. The summed E-state index contributed by atoms with van der Waals surface area (Å²) >= 11 is 0. The van der Waals surface area contributed by atoms with Gasteiger partial charge in [0.2, 0.25) is 5.43 Å². The van der Waals surface area contributed by atoms with Crippen LogP contribution in [-0.4, -0.2) is 99.9 Å². The van der Waals surface area contributed by atoms with Crippen molar-refractivity contribution >= 4 is 52.2 Å². The Labute approximate surface area is 312 Å². The summed E-state index contributed by atoms with van der Waals surface area (Å²) < 4.78 is 47.2. The monoisotopic (exact) mass is 780 g/mol. The average Bonchev–Trinajstić information content (AvgIpc) is 3.09. The number of halogens is 2. The van der Waals surface area contributed by atoms with E-state index in [1.807, 2.05) is 0 Å². The molecule has 2 aliphatic rings. The van der Waals surface area contributed by atoms with Gasteiger partial charge in [0.05, 0.1) is 16.9 Å². The van der Waals surface area contributed by atoms with Crippen molar-refractivity contribution in [2.24, 2.45) is 0 Å². The zero-order valence-electron chi connectivity index (χ0n) is 28.9. The number of carboxylic acid groups (broad SMARTS) is 5. The van der Waals surface area contributed by atoms with Gasteiger partial charge >= 0.3 is 29.8 Å². The summed E-state index contributed by atoms with van der Waals surface area (Å²) in [6.45, 7) is -2.46. The molecule has 0 aromatic heterocycles. The van der Waals surface area contributed by atoms with Gasteiger partial charge in [0.1, 0.15) is 62.2 Å². The topological polar surface area (TPSA) is 262 Å². The number of aromatic carboxylic acids is 1. The first-order chi connectivity index (χ1) is 26.4. The summed E-state index contributed by atoms with van der Waals surface area (Å²) in [7, 11) is 0. The van der Waals surface area contributed by atoms with Crippen LogP contribution in [0.25, 0.3) is 33.4 Å². The minimum atomic E-state index is -1.66. The average molecular weight is 781 g/mol. The van der Waals surface area contributed by atoms with E-state index in [1.54, 1.807) is 13.0 Å². The number of carboxylic acids is 5. The molecule has 56 heavy (non-hydrogen) atoms. The lowest BCUT2D eigenvalue weighted by molar-refractivity contribution is -0.138. The standard InChI is InChI=1S/C37H30F2N2O15/c1-17-2-3-24(40(13-32(44)45)14-33(46)47)30(6-17)54-4-5-55-31-10-18(19(37(52)53)9-25(31)41(15-34(48)49)16-35(50)51)36-20-7-22(38)26(42)11-28(20)56-29-12-27(43)23(39)8-21(29)36/h2-3,6-12,42H,4-5,13-16H2,1H3,(H,44,45)(H,46,47)(H,48,49)(H,50,51)(H,52,53). The second-order valence-electron chi connectivity index (χ2n) is 12.2. The maximum Gasteiger partial charge on any atom is 0.336 e. The fourth-order valence-electron chi connectivity index (χ4n) is 5.91. The van der Waals surface area contributed by atoms with Crippen LogP contribution in [0, 0.1) is 18.6 Å². The molecule has 0 fully saturated rings. The number of ether oxygens (including phenoxy) is 2. The molecule has 5 rings (SSSR count). The first-order valence-electron chi connectivity index (χ1n) is 16.2. The van der Waals surface area contributed by atoms with Crippen LogP contribution in [0.1, 0.15) is 15.9 Å². The lowest BCUT2D eigenvalue weighted by Gasteiger charge is -2.26. The molecule has 1 aliphatic heterocycles. The van der Waals surface area contributed by atoms with Gasteiger partial charge in [-0.2, -0.15) is 0 Å². The number of hydrogen-bond acceptors (Lipinski definition) is 12. The number of phenols is 1. The number of aryl methyl sites for hydroxylation is 1. The molecule has 0 saturated carbocycles. The molecule has 0 amide bonds. The lowest BCUT2D eigenvalue weighted by atomic mass is 9.90. The highest BCUT2D eigenvalue weighted by Crippen LogP contribution is 2.46. The van der Waals surface area contributed by atoms with Crippen LogP contribution in [-0.2, 0) is 19.2 Å². The van der Waals surface area contributed by atoms with E-state index in [2.05, 4.69) is 0 Å². The van der Waals surface area contributed by atoms with E-state index in [4.69, 9.17) is 13.9 Å². The summed E-state index contributed by atoms with van der Waals surface area (Å²) in [5, 5.41) is 58.3. The number of fused-ring (bicyclic) bond motifs is 2. The molecule has 3 aromatic rings. The van der Waals surface area contributed by atoms with Crippen LogP contribution in [0.3, 0.4) is 0 Å². The third kappa shape index (κ3) is 8.84. The number of benzene rings is 4. The molecular formula is C37H30F2N2O15. The Morgan fingerprint density at radius 3 is 1.79 bits per heavy atom. The zero-order chi connectivity index (χ0) is 41.0. The molecule has 1 heterocycles. The van der Waals surface area contributed by atoms with Gasteiger partial charge in [0, 0.05) is 34.2 Å². The van der Waals surface area contributed by atoms with Crippen molar-refractivity contribution in [2.45, 2.75) is 6.92 Å². The maximum atomic E-state index is 14.9. The second kappa shape index (κ2) is 16.3. The van der Waals surface area contributed by atoms with Crippen LogP contribution in [0.15, 0.2) is 63.8 Å². The number of aliphatic carboxylic acids is 4. The predicted octanol–water partition coefficient (Wildman–Crippen LogP) is 3.96. The third-order valence-electron chi connectivity index (χ3n) is 8.14. The molecule has 19 heteroatoms. The van der Waals surface area contributed by atoms with Crippen LogP contribution >= 0.6 is 0 Å². The van der Waals surface area contributed by atoms with Gasteiger partial charge in [-0.3, -0.25) is 24.0 Å². The van der Waals surface area contributed by atoms with E-state index in [-0.39, 0.29) is 62.9 Å². The van der Waals surface area contributed by atoms with Crippen molar-refractivity contribution in [1.82, 2.24) is 0 Å². The molecule has 0 atom stereocenters. The highest BCUT2D eigenvalue weighted by Gasteiger charge is 2.29. The number of aromatic hydroxyl groups is 1. The smallest absolute Gasteiger partial charge is 0.336 e. The van der Waals surface area contributed by atoms with Gasteiger partial charge in [-0.05, 0) is 48.9 Å². The van der Waals surface area contributed by atoms with E-state index in [9.17, 15) is 68.2 Å². The Hall–Kier alpha value is -7.44. The van der Waals surface area contributed by atoms with Crippen molar-refractivity contribution in [3.63, 3.8) is 0 Å². The minimum Gasteiger partial charge on any atom is -0.505 e. The summed E-state index contributed by atoms with van der Waals surface area (Å²) in [5.41, 5.74) is -2.40. The van der Waals surface area contributed by atoms with Gasteiger partial charge in [-0.15, -0.1) is 0 Å². The number of phenolic OH excluding ortho intramolecular Hbond substituents is 1. The highest BCUT2D eigenvalue weighted by molar-refractivity contribution is 6.09. The van der Waals surface area contributed by atoms with Gasteiger partial charge in [0.15, 0.2) is 17.4 Å². The summed E-state index contributed by atoms with van der Waals surface area (Å²) in [6.07, 6.45) is 0. The third-order valence-corrected chi connectivity index (χ3v) is 8.14. The number of hydrogen-bond donors (Lipinski definition) is 6. The van der Waals surface area contributed by atoms with Gasteiger partial charge < -0.3 is 54.3 Å². The molecule has 6 N–H and O–H groups in total. The molecule has 0 bridgehead atoms. The number of anilines is 2. The van der Waals surface area contributed by atoms with Crippen molar-refractivity contribution in [1.29, 1.82) is 0 Å². The molecule has 0 spiro atoms. The fourth-order valence-corrected chi connectivity index (χ4v) is 5.91. The molecule has 0 radical (unpaired) electrons. The first-order valence-corrected chi connectivity index (χ1v) is 16.2. The Bertz CT molecular complexity index is 2400. The van der Waals surface area contributed by atoms with Gasteiger partial charge in [-0.1, -0.05) is 6.07 Å². The van der Waals surface area contributed by atoms with Crippen molar-refractivity contribution in [3.8, 4) is 39.7 Å². The number of nitrogens with zero attached hydrogens (tertiary/aromatic N) is 2. The van der Waals surface area contributed by atoms with Crippen molar-refractivity contribution < 1.29 is 77.3 Å². The van der Waals surface area contributed by atoms with E-state index < -0.39 is 91.0 Å². The normalized spacial score (nSPS) is 11.0. The number of carbonyl (C=O) groups is 5. The molecule has 292 valence electrons. The second-order valence-corrected chi connectivity index (χ2v) is 12.2. The van der Waals surface area contributed by atoms with E-state index >= 15 is 0 Å². The van der Waals surface area contributed by atoms with Crippen LogP contribution in [0.5, 0.6) is 17.2 Å².